The Morgan fingerprint density at radius 3 is 2.68 bits per heavy atom. The molecule has 8 nitrogen and oxygen atoms in total. The average molecular weight is 646 g/mol. The molecule has 0 N–H and O–H groups in total. The van der Waals surface area contributed by atoms with Crippen LogP contribution >= 0.6 is 34.5 Å². The van der Waals surface area contributed by atoms with Crippen LogP contribution in [-0.4, -0.2) is 23.9 Å². The number of thiazole rings is 1. The second-order valence-corrected chi connectivity index (χ2v) is 11.6. The first kappa shape index (κ1) is 28.2. The molecule has 0 radical (unpaired) electrons. The van der Waals surface area contributed by atoms with Crippen LogP contribution in [0.1, 0.15) is 29.9 Å². The third kappa shape index (κ3) is 4.93. The lowest BCUT2D eigenvalue weighted by Crippen LogP contribution is -2.40. The van der Waals surface area contributed by atoms with Crippen LogP contribution in [0.25, 0.3) is 23.1 Å². The fourth-order valence-corrected chi connectivity index (χ4v) is 6.61. The highest BCUT2D eigenvalue weighted by atomic mass is 35.5. The van der Waals surface area contributed by atoms with Crippen molar-refractivity contribution in [1.82, 2.24) is 4.57 Å². The lowest BCUT2D eigenvalue weighted by atomic mass is 9.93. The van der Waals surface area contributed by atoms with Crippen LogP contribution in [0.2, 0.25) is 10.0 Å². The van der Waals surface area contributed by atoms with Crippen molar-refractivity contribution in [2.45, 2.75) is 13.0 Å². The average Bonchev–Trinajstić information content (AvgIpc) is 3.77. The summed E-state index contributed by atoms with van der Waals surface area (Å²) in [6.45, 7) is 1.97. The Morgan fingerprint density at radius 2 is 1.86 bits per heavy atom. The zero-order valence-corrected chi connectivity index (χ0v) is 25.4. The first-order chi connectivity index (χ1) is 21.4. The van der Waals surface area contributed by atoms with E-state index < -0.39 is 12.0 Å². The third-order valence-electron chi connectivity index (χ3n) is 7.20. The van der Waals surface area contributed by atoms with E-state index in [9.17, 15) is 9.59 Å². The fourth-order valence-electron chi connectivity index (χ4n) is 5.24. The van der Waals surface area contributed by atoms with E-state index in [0.29, 0.717) is 64.8 Å². The molecular weight excluding hydrogens is 623 g/mol. The van der Waals surface area contributed by atoms with Crippen LogP contribution in [-0.2, 0) is 9.53 Å². The molecule has 7 rings (SSSR count). The molecule has 2 aliphatic heterocycles. The zero-order chi connectivity index (χ0) is 30.4. The lowest BCUT2D eigenvalue weighted by molar-refractivity contribution is -0.138. The fraction of sp³-hybridized carbons (Fsp3) is 0.121. The first-order valence-electron chi connectivity index (χ1n) is 13.6. The van der Waals surface area contributed by atoms with E-state index in [-0.39, 0.29) is 24.5 Å². The Balaban J connectivity index is 1.43. The number of ether oxygens (including phenoxy) is 3. The number of esters is 1. The van der Waals surface area contributed by atoms with Crippen LogP contribution in [0, 0.1) is 0 Å². The summed E-state index contributed by atoms with van der Waals surface area (Å²) in [6.07, 6.45) is 1.65. The maximum atomic E-state index is 14.2. The predicted molar refractivity (Wildman–Crippen MR) is 168 cm³/mol. The SMILES string of the molecule is CCOC(=O)C1=C(c2ccccc2)N=c2s/c(=C\c3ccc(-c4cccc(Cl)c4Cl)o3)c(=O)n2C1c1ccc2c(c1)OCO2. The predicted octanol–water partition coefficient (Wildman–Crippen LogP) is 6.23. The number of benzene rings is 3. The smallest absolute Gasteiger partial charge is 0.338 e. The Bertz CT molecular complexity index is 2150. The van der Waals surface area contributed by atoms with E-state index in [1.807, 2.05) is 36.4 Å². The second-order valence-electron chi connectivity index (χ2n) is 9.85. The molecule has 220 valence electrons. The van der Waals surface area contributed by atoms with E-state index in [2.05, 4.69) is 0 Å². The molecule has 11 heteroatoms. The van der Waals surface area contributed by atoms with E-state index in [1.54, 1.807) is 55.5 Å². The summed E-state index contributed by atoms with van der Waals surface area (Å²) >= 11 is 13.8. The number of halogens is 2. The van der Waals surface area contributed by atoms with Crippen LogP contribution in [0.15, 0.2) is 98.6 Å². The van der Waals surface area contributed by atoms with Gasteiger partial charge < -0.3 is 18.6 Å². The summed E-state index contributed by atoms with van der Waals surface area (Å²) in [6, 6.07) is 22.7. The van der Waals surface area contributed by atoms with E-state index >= 15 is 0 Å². The summed E-state index contributed by atoms with van der Waals surface area (Å²) in [5.41, 5.74) is 2.32. The molecule has 1 atom stereocenters. The van der Waals surface area contributed by atoms with Crippen molar-refractivity contribution in [2.75, 3.05) is 13.4 Å². The van der Waals surface area contributed by atoms with Gasteiger partial charge in [-0.05, 0) is 48.9 Å². The lowest BCUT2D eigenvalue weighted by Gasteiger charge is -2.26. The summed E-state index contributed by atoms with van der Waals surface area (Å²) < 4.78 is 24.6. The van der Waals surface area contributed by atoms with Gasteiger partial charge in [-0.3, -0.25) is 9.36 Å². The van der Waals surface area contributed by atoms with Crippen LogP contribution in [0.3, 0.4) is 0 Å². The van der Waals surface area contributed by atoms with Crippen molar-refractivity contribution in [3.63, 3.8) is 0 Å². The highest BCUT2D eigenvalue weighted by Crippen LogP contribution is 2.40. The standard InChI is InChI=1S/C33H22Cl2N2O6S/c1-2-40-32(39)27-29(18-7-4-3-5-8-18)36-33-37(30(27)19-11-13-24-25(15-19)42-17-41-24)31(38)26(44-33)16-20-12-14-23(43-20)21-9-6-10-22(34)28(21)35/h3-16,30H,2,17H2,1H3/b26-16-. The highest BCUT2D eigenvalue weighted by molar-refractivity contribution is 7.07. The molecule has 2 aromatic heterocycles. The van der Waals surface area contributed by atoms with Crippen molar-refractivity contribution in [2.24, 2.45) is 4.99 Å². The maximum Gasteiger partial charge on any atom is 0.338 e. The Kier molecular flexibility index (Phi) is 7.37. The van der Waals surface area contributed by atoms with E-state index in [0.717, 1.165) is 0 Å². The van der Waals surface area contributed by atoms with Crippen LogP contribution in [0.4, 0.5) is 0 Å². The number of nitrogens with zero attached hydrogens (tertiary/aromatic N) is 2. The largest absolute Gasteiger partial charge is 0.463 e. The van der Waals surface area contributed by atoms with Gasteiger partial charge in [-0.25, -0.2) is 9.79 Å². The van der Waals surface area contributed by atoms with E-state index in [4.69, 9.17) is 46.8 Å². The first-order valence-corrected chi connectivity index (χ1v) is 15.2. The van der Waals surface area contributed by atoms with Gasteiger partial charge in [0.2, 0.25) is 6.79 Å². The number of furan rings is 1. The highest BCUT2D eigenvalue weighted by Gasteiger charge is 2.36. The molecule has 4 heterocycles. The Labute approximate surface area is 264 Å². The molecule has 1 unspecified atom stereocenters. The third-order valence-corrected chi connectivity index (χ3v) is 9.01. The normalized spacial score (nSPS) is 15.7. The van der Waals surface area contributed by atoms with Crippen molar-refractivity contribution >= 4 is 52.3 Å². The molecule has 0 saturated carbocycles. The number of fused-ring (bicyclic) bond motifs is 2. The molecule has 5 aromatic rings. The zero-order valence-electron chi connectivity index (χ0n) is 23.1. The molecule has 44 heavy (non-hydrogen) atoms. The van der Waals surface area contributed by atoms with Crippen LogP contribution in [0.5, 0.6) is 11.5 Å². The number of hydrogen-bond acceptors (Lipinski definition) is 8. The molecule has 0 amide bonds. The monoisotopic (exact) mass is 644 g/mol. The number of rotatable bonds is 6. The Morgan fingerprint density at radius 1 is 1.05 bits per heavy atom. The molecule has 3 aromatic carbocycles. The van der Waals surface area contributed by atoms with Gasteiger partial charge in [-0.15, -0.1) is 0 Å². The molecule has 0 spiro atoms. The van der Waals surface area contributed by atoms with Crippen LogP contribution < -0.4 is 24.4 Å². The van der Waals surface area contributed by atoms with Crippen molar-refractivity contribution in [3.05, 3.63) is 131 Å². The van der Waals surface area contributed by atoms with Gasteiger partial charge in [0.05, 0.1) is 38.5 Å². The molecule has 0 bridgehead atoms. The topological polar surface area (TPSA) is 92.3 Å². The number of hydrogen-bond donors (Lipinski definition) is 0. The minimum absolute atomic E-state index is 0.0862. The van der Waals surface area contributed by atoms with Crippen molar-refractivity contribution < 1.29 is 23.4 Å². The second kappa shape index (κ2) is 11.5. The molecule has 0 fully saturated rings. The molecule has 0 aliphatic carbocycles. The summed E-state index contributed by atoms with van der Waals surface area (Å²) in [5.74, 6) is 1.48. The molecule has 2 aliphatic rings. The van der Waals surface area contributed by atoms with Gasteiger partial charge in [-0.1, -0.05) is 77.0 Å². The van der Waals surface area contributed by atoms with Crippen molar-refractivity contribution in [3.8, 4) is 22.8 Å². The molecular formula is C33H22Cl2N2O6S. The molecule has 0 saturated heterocycles. The number of carbonyl (C=O) groups excluding carboxylic acids is 1. The summed E-state index contributed by atoms with van der Waals surface area (Å²) in [4.78, 5) is 33.1. The summed E-state index contributed by atoms with van der Waals surface area (Å²) in [7, 11) is 0. The van der Waals surface area contributed by atoms with Crippen molar-refractivity contribution in [1.29, 1.82) is 0 Å². The van der Waals surface area contributed by atoms with Gasteiger partial charge in [0.25, 0.3) is 5.56 Å². The number of aromatic nitrogens is 1. The van der Waals surface area contributed by atoms with Gasteiger partial charge in [0, 0.05) is 17.2 Å². The quantitative estimate of drug-likeness (QED) is 0.204. The number of carbonyl (C=O) groups is 1. The van der Waals surface area contributed by atoms with Gasteiger partial charge in [0.15, 0.2) is 16.3 Å². The minimum Gasteiger partial charge on any atom is -0.463 e. The van der Waals surface area contributed by atoms with E-state index in [1.165, 1.54) is 15.9 Å². The Hall–Kier alpha value is -4.57. The van der Waals surface area contributed by atoms with Gasteiger partial charge >= 0.3 is 5.97 Å². The summed E-state index contributed by atoms with van der Waals surface area (Å²) in [5, 5.41) is 0.781. The maximum absolute atomic E-state index is 14.2. The van der Waals surface area contributed by atoms with Gasteiger partial charge in [-0.2, -0.15) is 0 Å². The van der Waals surface area contributed by atoms with Gasteiger partial charge in [0.1, 0.15) is 11.5 Å². The minimum atomic E-state index is -0.852.